The summed E-state index contributed by atoms with van der Waals surface area (Å²) in [5, 5.41) is 29.0. The molecule has 3 aromatic carbocycles. The molecule has 0 heterocycles. The first-order valence-corrected chi connectivity index (χ1v) is 12.0. The standard InChI is InChI=1S/C27H28F2O5S/c1-16(2)24-13-23(35-22-9-7-19(29)8-10-22)14-25(17-3-5-18(28)6-4-17)27(24)34-15-21(31)11-20(30)12-26(32)33/h3-10,13-14,16,20-21,30-31H,11-12,15H2,1-2H3,(H,32,33)/t20-,21+/m1/s1. The van der Waals surface area contributed by atoms with Crippen molar-refractivity contribution < 1.29 is 33.6 Å². The minimum atomic E-state index is -1.19. The number of aliphatic carboxylic acids is 1. The molecule has 0 aromatic heterocycles. The monoisotopic (exact) mass is 502 g/mol. The second-order valence-electron chi connectivity index (χ2n) is 8.56. The fourth-order valence-electron chi connectivity index (χ4n) is 3.60. The minimum Gasteiger partial charge on any atom is -0.490 e. The molecular formula is C27H28F2O5S. The molecule has 3 N–H and O–H groups in total. The number of benzene rings is 3. The smallest absolute Gasteiger partial charge is 0.305 e. The van der Waals surface area contributed by atoms with Crippen molar-refractivity contribution >= 4 is 17.7 Å². The van der Waals surface area contributed by atoms with Gasteiger partial charge in [-0.25, -0.2) is 8.78 Å². The molecule has 5 nitrogen and oxygen atoms in total. The molecule has 0 fully saturated rings. The van der Waals surface area contributed by atoms with E-state index >= 15 is 0 Å². The summed E-state index contributed by atoms with van der Waals surface area (Å²) >= 11 is 1.45. The van der Waals surface area contributed by atoms with Gasteiger partial charge in [0, 0.05) is 21.8 Å². The van der Waals surface area contributed by atoms with E-state index in [1.807, 2.05) is 26.0 Å². The quantitative estimate of drug-likeness (QED) is 0.304. The van der Waals surface area contributed by atoms with Gasteiger partial charge in [-0.15, -0.1) is 0 Å². The molecule has 0 aliphatic rings. The van der Waals surface area contributed by atoms with E-state index in [1.54, 1.807) is 24.3 Å². The largest absolute Gasteiger partial charge is 0.490 e. The highest BCUT2D eigenvalue weighted by Gasteiger charge is 2.20. The third-order valence-electron chi connectivity index (χ3n) is 5.29. The molecule has 2 atom stereocenters. The lowest BCUT2D eigenvalue weighted by molar-refractivity contribution is -0.139. The van der Waals surface area contributed by atoms with Crippen LogP contribution in [-0.4, -0.2) is 40.1 Å². The van der Waals surface area contributed by atoms with Crippen LogP contribution in [0.1, 0.15) is 38.2 Å². The number of rotatable bonds is 11. The van der Waals surface area contributed by atoms with Crippen LogP contribution in [0.25, 0.3) is 11.1 Å². The predicted molar refractivity (Wildman–Crippen MR) is 131 cm³/mol. The summed E-state index contributed by atoms with van der Waals surface area (Å²) in [7, 11) is 0. The Balaban J connectivity index is 1.95. The highest BCUT2D eigenvalue weighted by molar-refractivity contribution is 7.99. The van der Waals surface area contributed by atoms with E-state index in [-0.39, 0.29) is 30.6 Å². The molecule has 8 heteroatoms. The number of halogens is 2. The fourth-order valence-corrected chi connectivity index (χ4v) is 4.51. The number of hydrogen-bond acceptors (Lipinski definition) is 5. The van der Waals surface area contributed by atoms with E-state index in [4.69, 9.17) is 9.84 Å². The Morgan fingerprint density at radius 3 is 2.09 bits per heavy atom. The predicted octanol–water partition coefficient (Wildman–Crippen LogP) is 5.87. The van der Waals surface area contributed by atoms with E-state index < -0.39 is 24.6 Å². The SMILES string of the molecule is CC(C)c1cc(Sc2ccc(F)cc2)cc(-c2ccc(F)cc2)c1OC[C@@H](O)C[C@@H](O)CC(=O)O. The van der Waals surface area contributed by atoms with Gasteiger partial charge in [0.1, 0.15) is 24.0 Å². The van der Waals surface area contributed by atoms with Crippen molar-refractivity contribution in [2.75, 3.05) is 6.61 Å². The number of carboxylic acid groups (broad SMARTS) is 1. The lowest BCUT2D eigenvalue weighted by Crippen LogP contribution is -2.25. The number of hydrogen-bond donors (Lipinski definition) is 3. The average Bonchev–Trinajstić information content (AvgIpc) is 2.79. The van der Waals surface area contributed by atoms with Crippen molar-refractivity contribution in [3.8, 4) is 16.9 Å². The van der Waals surface area contributed by atoms with E-state index in [2.05, 4.69) is 0 Å². The van der Waals surface area contributed by atoms with Gasteiger partial charge in [0.05, 0.1) is 18.6 Å². The summed E-state index contributed by atoms with van der Waals surface area (Å²) in [6, 6.07) is 16.0. The van der Waals surface area contributed by atoms with Gasteiger partial charge in [-0.3, -0.25) is 4.79 Å². The van der Waals surface area contributed by atoms with Crippen LogP contribution >= 0.6 is 11.8 Å². The number of carbonyl (C=O) groups is 1. The Morgan fingerprint density at radius 1 is 0.914 bits per heavy atom. The van der Waals surface area contributed by atoms with Crippen LogP contribution in [-0.2, 0) is 4.79 Å². The van der Waals surface area contributed by atoms with E-state index in [1.165, 1.54) is 36.0 Å². The average molecular weight is 503 g/mol. The first-order valence-electron chi connectivity index (χ1n) is 11.2. The minimum absolute atomic E-state index is 0.0349. The third-order valence-corrected chi connectivity index (χ3v) is 6.27. The van der Waals surface area contributed by atoms with Gasteiger partial charge in [-0.1, -0.05) is 37.7 Å². The molecular weight excluding hydrogens is 474 g/mol. The molecule has 0 saturated heterocycles. The molecule has 0 aliphatic carbocycles. The number of carboxylic acids is 1. The fraction of sp³-hybridized carbons (Fsp3) is 0.296. The van der Waals surface area contributed by atoms with Crippen molar-refractivity contribution in [1.82, 2.24) is 0 Å². The van der Waals surface area contributed by atoms with Crippen molar-refractivity contribution in [2.24, 2.45) is 0 Å². The van der Waals surface area contributed by atoms with Crippen molar-refractivity contribution in [2.45, 2.75) is 54.6 Å². The summed E-state index contributed by atoms with van der Waals surface area (Å²) in [6.07, 6.45) is -2.89. The van der Waals surface area contributed by atoms with Gasteiger partial charge in [-0.05, 0) is 65.6 Å². The zero-order valence-corrected chi connectivity index (χ0v) is 20.3. The van der Waals surface area contributed by atoms with E-state index in [0.717, 1.165) is 15.4 Å². The highest BCUT2D eigenvalue weighted by atomic mass is 32.2. The van der Waals surface area contributed by atoms with Gasteiger partial charge in [0.15, 0.2) is 0 Å². The number of ether oxygens (including phenoxy) is 1. The van der Waals surface area contributed by atoms with Crippen molar-refractivity contribution in [3.63, 3.8) is 0 Å². The van der Waals surface area contributed by atoms with E-state index in [0.29, 0.717) is 16.9 Å². The zero-order valence-electron chi connectivity index (χ0n) is 19.4. The van der Waals surface area contributed by atoms with Crippen molar-refractivity contribution in [1.29, 1.82) is 0 Å². The van der Waals surface area contributed by atoms with Crippen molar-refractivity contribution in [3.05, 3.63) is 77.9 Å². The third kappa shape index (κ3) is 7.78. The second-order valence-corrected chi connectivity index (χ2v) is 9.71. The second kappa shape index (κ2) is 12.2. The Kier molecular flexibility index (Phi) is 9.26. The molecule has 0 amide bonds. The van der Waals surface area contributed by atoms with Crippen LogP contribution in [0.2, 0.25) is 0 Å². The Bertz CT molecular complexity index is 1130. The van der Waals surface area contributed by atoms with E-state index in [9.17, 15) is 23.8 Å². The van der Waals surface area contributed by atoms with Crippen LogP contribution in [0, 0.1) is 11.6 Å². The molecule has 0 unspecified atom stereocenters. The number of aliphatic hydroxyl groups excluding tert-OH is 2. The molecule has 0 saturated carbocycles. The Labute approximate surface area is 207 Å². The van der Waals surface area contributed by atoms with Gasteiger partial charge < -0.3 is 20.1 Å². The zero-order chi connectivity index (χ0) is 25.5. The molecule has 0 aliphatic heterocycles. The molecule has 0 radical (unpaired) electrons. The summed E-state index contributed by atoms with van der Waals surface area (Å²) < 4.78 is 33.0. The Hall–Kier alpha value is -2.94. The highest BCUT2D eigenvalue weighted by Crippen LogP contribution is 2.42. The molecule has 0 bridgehead atoms. The maximum Gasteiger partial charge on any atom is 0.305 e. The number of aliphatic hydroxyl groups is 2. The van der Waals surface area contributed by atoms with Crippen LogP contribution in [0.3, 0.4) is 0 Å². The van der Waals surface area contributed by atoms with Gasteiger partial charge in [0.2, 0.25) is 0 Å². The maximum atomic E-state index is 13.6. The lowest BCUT2D eigenvalue weighted by atomic mass is 9.95. The molecule has 3 rings (SSSR count). The van der Waals surface area contributed by atoms with Gasteiger partial charge in [-0.2, -0.15) is 0 Å². The van der Waals surface area contributed by atoms with Crippen LogP contribution in [0.5, 0.6) is 5.75 Å². The van der Waals surface area contributed by atoms with Crippen LogP contribution < -0.4 is 4.74 Å². The lowest BCUT2D eigenvalue weighted by Gasteiger charge is -2.22. The van der Waals surface area contributed by atoms with Gasteiger partial charge >= 0.3 is 5.97 Å². The molecule has 35 heavy (non-hydrogen) atoms. The van der Waals surface area contributed by atoms with Crippen LogP contribution in [0.4, 0.5) is 8.78 Å². The molecule has 3 aromatic rings. The maximum absolute atomic E-state index is 13.6. The topological polar surface area (TPSA) is 87.0 Å². The first-order chi connectivity index (χ1) is 16.6. The summed E-state index contributed by atoms with van der Waals surface area (Å²) in [4.78, 5) is 12.5. The molecule has 0 spiro atoms. The summed E-state index contributed by atoms with van der Waals surface area (Å²) in [5.41, 5.74) is 2.26. The summed E-state index contributed by atoms with van der Waals surface area (Å²) in [5.74, 6) is -1.30. The van der Waals surface area contributed by atoms with Crippen LogP contribution in [0.15, 0.2) is 70.5 Å². The Morgan fingerprint density at radius 2 is 1.51 bits per heavy atom. The van der Waals surface area contributed by atoms with Gasteiger partial charge in [0.25, 0.3) is 0 Å². The first kappa shape index (κ1) is 26.7. The normalized spacial score (nSPS) is 13.0. The molecule has 186 valence electrons. The summed E-state index contributed by atoms with van der Waals surface area (Å²) in [6.45, 7) is 3.83.